The Labute approximate surface area is 171 Å². The van der Waals surface area contributed by atoms with Crippen LogP contribution < -0.4 is 5.32 Å². The van der Waals surface area contributed by atoms with Crippen LogP contribution in [0.5, 0.6) is 0 Å². The Hall–Kier alpha value is -2.86. The van der Waals surface area contributed by atoms with E-state index in [1.54, 1.807) is 24.3 Å². The van der Waals surface area contributed by atoms with Gasteiger partial charge in [0.25, 0.3) is 0 Å². The molecule has 0 radical (unpaired) electrons. The van der Waals surface area contributed by atoms with Crippen LogP contribution in [0.2, 0.25) is 0 Å². The molecule has 0 unspecified atom stereocenters. The molecular formula is C23H25NO4S. The van der Waals surface area contributed by atoms with Crippen molar-refractivity contribution < 1.29 is 17.6 Å². The quantitative estimate of drug-likeness (QED) is 0.600. The molecule has 152 valence electrons. The topological polar surface area (TPSA) is 76.4 Å². The molecule has 0 saturated carbocycles. The maximum absolute atomic E-state index is 13.3. The van der Waals surface area contributed by atoms with Gasteiger partial charge in [-0.2, -0.15) is 0 Å². The lowest BCUT2D eigenvalue weighted by Crippen LogP contribution is -2.32. The van der Waals surface area contributed by atoms with E-state index in [9.17, 15) is 13.2 Å². The predicted octanol–water partition coefficient (Wildman–Crippen LogP) is 4.28. The number of hydrogen-bond acceptors (Lipinski definition) is 4. The Morgan fingerprint density at radius 2 is 1.66 bits per heavy atom. The van der Waals surface area contributed by atoms with Gasteiger partial charge in [-0.15, -0.1) is 0 Å². The molecule has 0 aliphatic carbocycles. The minimum absolute atomic E-state index is 0.0621. The summed E-state index contributed by atoms with van der Waals surface area (Å²) < 4.78 is 31.9. The standard InChI is InChI=1S/C23H25NO4S/c1-17(2)19-10-12-20(13-11-19)29(26,27)22(21-9-6-14-28-21)16-24-23(25)15-18-7-4-3-5-8-18/h3-14,17,22H,15-16H2,1-2H3,(H,24,25)/t22-/m1/s1. The molecule has 3 rings (SSSR count). The molecular weight excluding hydrogens is 386 g/mol. The Morgan fingerprint density at radius 3 is 2.24 bits per heavy atom. The maximum Gasteiger partial charge on any atom is 0.224 e. The van der Waals surface area contributed by atoms with Gasteiger partial charge in [0.05, 0.1) is 17.6 Å². The highest BCUT2D eigenvalue weighted by atomic mass is 32.2. The number of amides is 1. The normalized spacial score (nSPS) is 12.7. The highest BCUT2D eigenvalue weighted by molar-refractivity contribution is 7.91. The van der Waals surface area contributed by atoms with Crippen LogP contribution in [-0.4, -0.2) is 20.9 Å². The van der Waals surface area contributed by atoms with E-state index in [1.807, 2.05) is 42.5 Å². The number of benzene rings is 2. The van der Waals surface area contributed by atoms with E-state index in [2.05, 4.69) is 19.2 Å². The lowest BCUT2D eigenvalue weighted by molar-refractivity contribution is -0.120. The molecule has 0 fully saturated rings. The summed E-state index contributed by atoms with van der Waals surface area (Å²) in [7, 11) is -3.74. The molecule has 0 bridgehead atoms. The summed E-state index contributed by atoms with van der Waals surface area (Å²) in [4.78, 5) is 12.5. The number of carbonyl (C=O) groups excluding carboxylic acids is 1. The van der Waals surface area contributed by atoms with Gasteiger partial charge in [0.2, 0.25) is 5.91 Å². The van der Waals surface area contributed by atoms with Crippen molar-refractivity contribution in [1.82, 2.24) is 5.32 Å². The van der Waals surface area contributed by atoms with Crippen LogP contribution in [0.15, 0.2) is 82.3 Å². The van der Waals surface area contributed by atoms with Crippen molar-refractivity contribution in [2.45, 2.75) is 36.3 Å². The summed E-state index contributed by atoms with van der Waals surface area (Å²) in [5, 5.41) is 1.75. The minimum Gasteiger partial charge on any atom is -0.468 e. The van der Waals surface area contributed by atoms with E-state index < -0.39 is 15.1 Å². The third-order valence-electron chi connectivity index (χ3n) is 4.80. The summed E-state index contributed by atoms with van der Waals surface area (Å²) in [6.45, 7) is 4.04. The zero-order chi connectivity index (χ0) is 20.9. The maximum atomic E-state index is 13.3. The van der Waals surface area contributed by atoms with E-state index in [0.29, 0.717) is 11.7 Å². The van der Waals surface area contributed by atoms with Crippen LogP contribution >= 0.6 is 0 Å². The molecule has 6 heteroatoms. The molecule has 1 aromatic heterocycles. The number of nitrogens with one attached hydrogen (secondary N) is 1. The molecule has 1 heterocycles. The minimum atomic E-state index is -3.74. The van der Waals surface area contributed by atoms with Crippen LogP contribution in [0, 0.1) is 0 Å². The molecule has 0 spiro atoms. The first-order valence-electron chi connectivity index (χ1n) is 9.56. The van der Waals surface area contributed by atoms with E-state index in [1.165, 1.54) is 6.26 Å². The van der Waals surface area contributed by atoms with Crippen molar-refractivity contribution in [2.24, 2.45) is 0 Å². The van der Waals surface area contributed by atoms with Gasteiger partial charge in [0, 0.05) is 6.54 Å². The first-order valence-corrected chi connectivity index (χ1v) is 11.1. The molecule has 0 saturated heterocycles. The van der Waals surface area contributed by atoms with Crippen molar-refractivity contribution >= 4 is 15.7 Å². The van der Waals surface area contributed by atoms with Gasteiger partial charge in [-0.3, -0.25) is 4.79 Å². The fourth-order valence-electron chi connectivity index (χ4n) is 3.09. The Morgan fingerprint density at radius 1 is 0.966 bits per heavy atom. The van der Waals surface area contributed by atoms with E-state index in [-0.39, 0.29) is 23.8 Å². The lowest BCUT2D eigenvalue weighted by atomic mass is 10.0. The first-order chi connectivity index (χ1) is 13.9. The van der Waals surface area contributed by atoms with Crippen LogP contribution in [-0.2, 0) is 21.1 Å². The van der Waals surface area contributed by atoms with Crippen molar-refractivity contribution in [3.63, 3.8) is 0 Å². The third kappa shape index (κ3) is 5.15. The largest absolute Gasteiger partial charge is 0.468 e. The summed E-state index contributed by atoms with van der Waals surface area (Å²) in [6.07, 6.45) is 1.63. The zero-order valence-corrected chi connectivity index (χ0v) is 17.4. The second kappa shape index (κ2) is 9.09. The van der Waals surface area contributed by atoms with E-state index in [0.717, 1.165) is 11.1 Å². The van der Waals surface area contributed by atoms with E-state index >= 15 is 0 Å². The fraction of sp³-hybridized carbons (Fsp3) is 0.261. The lowest BCUT2D eigenvalue weighted by Gasteiger charge is -2.17. The van der Waals surface area contributed by atoms with Gasteiger partial charge < -0.3 is 9.73 Å². The molecule has 1 amide bonds. The summed E-state index contributed by atoms with van der Waals surface area (Å²) in [5.41, 5.74) is 1.93. The monoisotopic (exact) mass is 411 g/mol. The van der Waals surface area contributed by atoms with Gasteiger partial charge in [-0.05, 0) is 41.3 Å². The summed E-state index contributed by atoms with van der Waals surface area (Å²) in [5.74, 6) is 0.376. The number of hydrogen-bond donors (Lipinski definition) is 1. The number of furan rings is 1. The zero-order valence-electron chi connectivity index (χ0n) is 16.5. The molecule has 0 aliphatic rings. The molecule has 1 N–H and O–H groups in total. The average molecular weight is 412 g/mol. The number of rotatable bonds is 8. The average Bonchev–Trinajstić information content (AvgIpc) is 3.23. The Bertz CT molecular complexity index is 1020. The fourth-order valence-corrected chi connectivity index (χ4v) is 4.68. The molecule has 2 aromatic carbocycles. The summed E-state index contributed by atoms with van der Waals surface area (Å²) in [6, 6.07) is 19.5. The smallest absolute Gasteiger partial charge is 0.224 e. The first kappa shape index (κ1) is 20.9. The second-order valence-corrected chi connectivity index (χ2v) is 9.37. The Kier molecular flexibility index (Phi) is 6.54. The number of carbonyl (C=O) groups is 1. The van der Waals surface area contributed by atoms with Gasteiger partial charge in [0.15, 0.2) is 9.84 Å². The Balaban J connectivity index is 1.79. The van der Waals surface area contributed by atoms with Gasteiger partial charge in [-0.25, -0.2) is 8.42 Å². The molecule has 29 heavy (non-hydrogen) atoms. The molecule has 0 aliphatic heterocycles. The predicted molar refractivity (Wildman–Crippen MR) is 112 cm³/mol. The van der Waals surface area contributed by atoms with Crippen LogP contribution in [0.25, 0.3) is 0 Å². The molecule has 1 atom stereocenters. The highest BCUT2D eigenvalue weighted by Gasteiger charge is 2.31. The van der Waals surface area contributed by atoms with Crippen molar-refractivity contribution in [1.29, 1.82) is 0 Å². The van der Waals surface area contributed by atoms with Gasteiger partial charge in [0.1, 0.15) is 11.0 Å². The van der Waals surface area contributed by atoms with Crippen molar-refractivity contribution in [3.8, 4) is 0 Å². The molecule has 5 nitrogen and oxygen atoms in total. The van der Waals surface area contributed by atoms with Crippen molar-refractivity contribution in [2.75, 3.05) is 6.54 Å². The van der Waals surface area contributed by atoms with Crippen molar-refractivity contribution in [3.05, 3.63) is 89.9 Å². The van der Waals surface area contributed by atoms with Crippen LogP contribution in [0.3, 0.4) is 0 Å². The summed E-state index contributed by atoms with van der Waals surface area (Å²) >= 11 is 0. The van der Waals surface area contributed by atoms with E-state index in [4.69, 9.17) is 4.42 Å². The SMILES string of the molecule is CC(C)c1ccc(S(=O)(=O)[C@H](CNC(=O)Cc2ccccc2)c2ccco2)cc1. The second-order valence-electron chi connectivity index (χ2n) is 7.24. The van der Waals surface area contributed by atoms with Gasteiger partial charge in [-0.1, -0.05) is 56.3 Å². The van der Waals surface area contributed by atoms with Gasteiger partial charge >= 0.3 is 0 Å². The third-order valence-corrected chi connectivity index (χ3v) is 6.88. The number of sulfone groups is 1. The highest BCUT2D eigenvalue weighted by Crippen LogP contribution is 2.30. The van der Waals surface area contributed by atoms with Crippen LogP contribution in [0.1, 0.15) is 41.9 Å². The van der Waals surface area contributed by atoms with Crippen LogP contribution in [0.4, 0.5) is 0 Å². The molecule has 3 aromatic rings.